The molecule has 4 heteroatoms. The minimum absolute atomic E-state index is 0.201. The predicted molar refractivity (Wildman–Crippen MR) is 150 cm³/mol. The number of benzene rings is 4. The Balaban J connectivity index is 1.63. The molecule has 38 heavy (non-hydrogen) atoms. The van der Waals surface area contributed by atoms with Crippen LogP contribution in [0.2, 0.25) is 0 Å². The number of hydrogen-bond acceptors (Lipinski definition) is 4. The van der Waals surface area contributed by atoms with Gasteiger partial charge < -0.3 is 9.47 Å². The molecule has 5 rings (SSSR count). The molecule has 192 valence electrons. The van der Waals surface area contributed by atoms with E-state index < -0.39 is 0 Å². The van der Waals surface area contributed by atoms with Crippen LogP contribution in [0.15, 0.2) is 97.1 Å². The molecule has 0 bridgehead atoms. The van der Waals surface area contributed by atoms with E-state index in [-0.39, 0.29) is 17.4 Å². The summed E-state index contributed by atoms with van der Waals surface area (Å²) in [6.07, 6.45) is 2.65. The van der Waals surface area contributed by atoms with Gasteiger partial charge in [-0.25, -0.2) is 0 Å². The fraction of sp³-hybridized carbons (Fsp3) is 0.235. The molecule has 0 unspecified atom stereocenters. The van der Waals surface area contributed by atoms with Crippen molar-refractivity contribution in [3.05, 3.63) is 119 Å². The van der Waals surface area contributed by atoms with Crippen LogP contribution in [-0.2, 0) is 37.3 Å². The van der Waals surface area contributed by atoms with Crippen LogP contribution in [-0.4, -0.2) is 26.2 Å². The molecule has 0 radical (unpaired) electrons. The van der Waals surface area contributed by atoms with Crippen molar-refractivity contribution in [1.29, 1.82) is 0 Å². The number of carbonyl (C=O) groups is 2. The third-order valence-corrected chi connectivity index (χ3v) is 7.80. The van der Waals surface area contributed by atoms with Gasteiger partial charge in [0.15, 0.2) is 0 Å². The van der Waals surface area contributed by atoms with Gasteiger partial charge in [0.1, 0.15) is 0 Å². The van der Waals surface area contributed by atoms with Crippen molar-refractivity contribution in [3.63, 3.8) is 0 Å². The summed E-state index contributed by atoms with van der Waals surface area (Å²) in [6, 6.07) is 33.9. The second-order valence-electron chi connectivity index (χ2n) is 9.82. The first-order valence-corrected chi connectivity index (χ1v) is 13.1. The molecule has 0 saturated carbocycles. The molecule has 0 aromatic heterocycles. The van der Waals surface area contributed by atoms with E-state index in [4.69, 9.17) is 9.47 Å². The normalized spacial score (nSPS) is 12.9. The van der Waals surface area contributed by atoms with E-state index in [0.29, 0.717) is 25.7 Å². The van der Waals surface area contributed by atoms with Gasteiger partial charge in [-0.3, -0.25) is 9.59 Å². The third kappa shape index (κ3) is 4.74. The second kappa shape index (κ2) is 11.1. The zero-order valence-corrected chi connectivity index (χ0v) is 21.9. The van der Waals surface area contributed by atoms with Gasteiger partial charge in [0, 0.05) is 18.3 Å². The van der Waals surface area contributed by atoms with Crippen molar-refractivity contribution < 1.29 is 19.1 Å². The molecule has 4 nitrogen and oxygen atoms in total. The van der Waals surface area contributed by atoms with Crippen molar-refractivity contribution in [2.24, 2.45) is 0 Å². The Kier molecular flexibility index (Phi) is 7.41. The molecule has 1 aliphatic rings. The Bertz CT molecular complexity index is 1420. The number of rotatable bonds is 9. The average Bonchev–Trinajstić information content (AvgIpc) is 3.25. The zero-order chi connectivity index (χ0) is 26.5. The molecular weight excluding hydrogens is 472 g/mol. The fourth-order valence-corrected chi connectivity index (χ4v) is 5.98. The number of fused-ring (bicyclic) bond motifs is 3. The van der Waals surface area contributed by atoms with Crippen LogP contribution in [0.25, 0.3) is 22.3 Å². The van der Waals surface area contributed by atoms with E-state index in [1.807, 2.05) is 12.1 Å². The smallest absolute Gasteiger partial charge is 0.305 e. The lowest BCUT2D eigenvalue weighted by molar-refractivity contribution is -0.141. The van der Waals surface area contributed by atoms with Gasteiger partial charge >= 0.3 is 11.9 Å². The first kappa shape index (κ1) is 25.5. The lowest BCUT2D eigenvalue weighted by atomic mass is 9.69. The predicted octanol–water partition coefficient (Wildman–Crippen LogP) is 6.92. The van der Waals surface area contributed by atoms with Gasteiger partial charge in [-0.2, -0.15) is 0 Å². The van der Waals surface area contributed by atoms with E-state index >= 15 is 0 Å². The molecule has 1 aliphatic carbocycles. The van der Waals surface area contributed by atoms with Crippen LogP contribution in [0.3, 0.4) is 0 Å². The Labute approximate surface area is 224 Å². The van der Waals surface area contributed by atoms with Gasteiger partial charge in [-0.05, 0) is 63.8 Å². The van der Waals surface area contributed by atoms with E-state index in [2.05, 4.69) is 84.9 Å². The summed E-state index contributed by atoms with van der Waals surface area (Å²) in [4.78, 5) is 24.3. The highest BCUT2D eigenvalue weighted by atomic mass is 16.5. The van der Waals surface area contributed by atoms with E-state index in [0.717, 1.165) is 23.1 Å². The average molecular weight is 505 g/mol. The summed E-state index contributed by atoms with van der Waals surface area (Å²) in [5.74, 6) is -0.415. The molecule has 0 fully saturated rings. The molecule has 0 saturated heterocycles. The third-order valence-electron chi connectivity index (χ3n) is 7.80. The van der Waals surface area contributed by atoms with Crippen molar-refractivity contribution in [2.45, 2.75) is 37.5 Å². The van der Waals surface area contributed by atoms with Gasteiger partial charge in [0.25, 0.3) is 0 Å². The van der Waals surface area contributed by atoms with Crippen LogP contribution >= 0.6 is 0 Å². The van der Waals surface area contributed by atoms with Gasteiger partial charge in [0.05, 0.1) is 14.2 Å². The fourth-order valence-electron chi connectivity index (χ4n) is 5.98. The monoisotopic (exact) mass is 504 g/mol. The van der Waals surface area contributed by atoms with E-state index in [1.165, 1.54) is 42.0 Å². The van der Waals surface area contributed by atoms with Crippen LogP contribution in [0.5, 0.6) is 0 Å². The SMILES string of the molecule is COC(=O)CCc1ccccc1-c1ccccc1CC1(CCC(=O)OC)c2ccccc2-c2ccccc21. The minimum atomic E-state index is -0.377. The van der Waals surface area contributed by atoms with Crippen molar-refractivity contribution >= 4 is 11.9 Å². The largest absolute Gasteiger partial charge is 0.469 e. The first-order valence-electron chi connectivity index (χ1n) is 13.1. The quantitative estimate of drug-likeness (QED) is 0.232. The second-order valence-corrected chi connectivity index (χ2v) is 9.82. The van der Waals surface area contributed by atoms with Crippen molar-refractivity contribution in [3.8, 4) is 22.3 Å². The number of esters is 2. The van der Waals surface area contributed by atoms with Crippen LogP contribution in [0.4, 0.5) is 0 Å². The zero-order valence-electron chi connectivity index (χ0n) is 21.9. The summed E-state index contributed by atoms with van der Waals surface area (Å²) in [5, 5.41) is 0. The molecule has 0 aliphatic heterocycles. The molecule has 0 spiro atoms. The molecule has 0 atom stereocenters. The van der Waals surface area contributed by atoms with E-state index in [1.54, 1.807) is 0 Å². The van der Waals surface area contributed by atoms with Crippen LogP contribution in [0.1, 0.15) is 41.5 Å². The summed E-state index contributed by atoms with van der Waals surface area (Å²) >= 11 is 0. The van der Waals surface area contributed by atoms with E-state index in [9.17, 15) is 9.59 Å². The van der Waals surface area contributed by atoms with Crippen molar-refractivity contribution in [2.75, 3.05) is 14.2 Å². The molecule has 4 aromatic rings. The highest BCUT2D eigenvalue weighted by Gasteiger charge is 2.43. The Morgan fingerprint density at radius 1 is 0.579 bits per heavy atom. The molecule has 0 heterocycles. The summed E-state index contributed by atoms with van der Waals surface area (Å²) in [5.41, 5.74) is 9.15. The Morgan fingerprint density at radius 3 is 1.61 bits per heavy atom. The van der Waals surface area contributed by atoms with Gasteiger partial charge in [0.2, 0.25) is 0 Å². The highest BCUT2D eigenvalue weighted by Crippen LogP contribution is 2.53. The summed E-state index contributed by atoms with van der Waals surface area (Å²) in [6.45, 7) is 0. The Morgan fingerprint density at radius 2 is 1.03 bits per heavy atom. The molecule has 0 N–H and O–H groups in total. The Hall–Kier alpha value is -4.18. The topological polar surface area (TPSA) is 52.6 Å². The first-order chi connectivity index (χ1) is 18.6. The van der Waals surface area contributed by atoms with Crippen LogP contribution < -0.4 is 0 Å². The maximum absolute atomic E-state index is 12.4. The van der Waals surface area contributed by atoms with Gasteiger partial charge in [-0.15, -0.1) is 0 Å². The molecular formula is C34H32O4. The standard InChI is InChI=1S/C34H32O4/c1-37-32(35)20-19-24-11-3-5-13-26(24)27-14-6-4-12-25(27)23-34(22-21-33(36)38-2)30-17-9-7-15-28(30)29-16-8-10-18-31(29)34/h3-18H,19-23H2,1-2H3. The molecule has 0 amide bonds. The molecule has 4 aromatic carbocycles. The maximum atomic E-state index is 12.4. The van der Waals surface area contributed by atoms with Gasteiger partial charge in [-0.1, -0.05) is 97.1 Å². The number of methoxy groups -OCH3 is 2. The number of carbonyl (C=O) groups excluding carboxylic acids is 2. The lowest BCUT2D eigenvalue weighted by Gasteiger charge is -2.33. The number of hydrogen-bond donors (Lipinski definition) is 0. The van der Waals surface area contributed by atoms with Crippen LogP contribution in [0, 0.1) is 0 Å². The summed E-state index contributed by atoms with van der Waals surface area (Å²) in [7, 11) is 2.88. The number of aryl methyl sites for hydroxylation is 1. The lowest BCUT2D eigenvalue weighted by Crippen LogP contribution is -2.29. The minimum Gasteiger partial charge on any atom is -0.469 e. The number of ether oxygens (including phenoxy) is 2. The van der Waals surface area contributed by atoms with Crippen molar-refractivity contribution in [1.82, 2.24) is 0 Å². The highest BCUT2D eigenvalue weighted by molar-refractivity contribution is 5.82. The summed E-state index contributed by atoms with van der Waals surface area (Å²) < 4.78 is 9.96. The maximum Gasteiger partial charge on any atom is 0.305 e.